The Morgan fingerprint density at radius 3 is 2.48 bits per heavy atom. The summed E-state index contributed by atoms with van der Waals surface area (Å²) >= 11 is 0. The Hall–Kier alpha value is -3.05. The zero-order valence-corrected chi connectivity index (χ0v) is 14.6. The fourth-order valence-corrected chi connectivity index (χ4v) is 2.99. The standard InChI is InChI=1S/C17H17N3O4S/c1-24-16-5-3-4-14(10-16)19-17(21)12-20(25(2,22)23)15-8-6-13(11-18)7-9-15/h3-10H,12H2,1-2H3,(H,19,21). The molecule has 0 radical (unpaired) electrons. The van der Waals surface area contributed by atoms with Crippen LogP contribution in [0.5, 0.6) is 5.75 Å². The number of carbonyl (C=O) groups excluding carboxylic acids is 1. The number of benzene rings is 2. The third kappa shape index (κ3) is 4.96. The molecular weight excluding hydrogens is 342 g/mol. The van der Waals surface area contributed by atoms with E-state index in [1.54, 1.807) is 24.3 Å². The molecule has 0 saturated heterocycles. The van der Waals surface area contributed by atoms with Crippen molar-refractivity contribution in [2.75, 3.05) is 29.5 Å². The number of rotatable bonds is 6. The summed E-state index contributed by atoms with van der Waals surface area (Å²) in [4.78, 5) is 12.3. The minimum absolute atomic E-state index is 0.308. The Kier molecular flexibility index (Phi) is 5.62. The fourth-order valence-electron chi connectivity index (χ4n) is 2.13. The lowest BCUT2D eigenvalue weighted by Gasteiger charge is -2.22. The maximum absolute atomic E-state index is 12.3. The molecule has 0 unspecified atom stereocenters. The molecule has 0 atom stereocenters. The molecule has 8 heteroatoms. The van der Waals surface area contributed by atoms with Crippen LogP contribution in [0.2, 0.25) is 0 Å². The van der Waals surface area contributed by atoms with Gasteiger partial charge in [0.1, 0.15) is 12.3 Å². The van der Waals surface area contributed by atoms with E-state index in [1.165, 1.54) is 31.4 Å². The molecule has 25 heavy (non-hydrogen) atoms. The van der Waals surface area contributed by atoms with Crippen LogP contribution in [0.25, 0.3) is 0 Å². The van der Waals surface area contributed by atoms with Gasteiger partial charge in [-0.1, -0.05) is 6.07 Å². The summed E-state index contributed by atoms with van der Waals surface area (Å²) < 4.78 is 30.1. The molecule has 7 nitrogen and oxygen atoms in total. The first-order chi connectivity index (χ1) is 11.8. The van der Waals surface area contributed by atoms with E-state index in [1.807, 2.05) is 6.07 Å². The predicted octanol–water partition coefficient (Wildman–Crippen LogP) is 1.97. The molecule has 0 saturated carbocycles. The third-order valence-corrected chi connectivity index (χ3v) is 4.47. The summed E-state index contributed by atoms with van der Waals surface area (Å²) in [5, 5.41) is 11.5. The van der Waals surface area contributed by atoms with Gasteiger partial charge in [-0.25, -0.2) is 8.42 Å². The molecule has 130 valence electrons. The van der Waals surface area contributed by atoms with Crippen molar-refractivity contribution >= 4 is 27.3 Å². The smallest absolute Gasteiger partial charge is 0.245 e. The van der Waals surface area contributed by atoms with Crippen molar-refractivity contribution in [1.82, 2.24) is 0 Å². The van der Waals surface area contributed by atoms with Crippen LogP contribution in [-0.2, 0) is 14.8 Å². The summed E-state index contributed by atoms with van der Waals surface area (Å²) in [5.41, 5.74) is 1.21. The number of carbonyl (C=O) groups is 1. The summed E-state index contributed by atoms with van der Waals surface area (Å²) in [6.07, 6.45) is 1.02. The van der Waals surface area contributed by atoms with Gasteiger partial charge in [-0.05, 0) is 36.4 Å². The van der Waals surface area contributed by atoms with Crippen LogP contribution < -0.4 is 14.4 Å². The number of sulfonamides is 1. The van der Waals surface area contributed by atoms with E-state index < -0.39 is 15.9 Å². The van der Waals surface area contributed by atoms with E-state index >= 15 is 0 Å². The summed E-state index contributed by atoms with van der Waals surface area (Å²) in [6, 6.07) is 14.7. The molecule has 1 amide bonds. The number of nitrogens with zero attached hydrogens (tertiary/aromatic N) is 2. The quantitative estimate of drug-likeness (QED) is 0.850. The first kappa shape index (κ1) is 18.3. The Labute approximate surface area is 146 Å². The summed E-state index contributed by atoms with van der Waals surface area (Å²) in [5.74, 6) is 0.0768. The maximum atomic E-state index is 12.3. The van der Waals surface area contributed by atoms with Crippen molar-refractivity contribution < 1.29 is 17.9 Å². The van der Waals surface area contributed by atoms with E-state index in [9.17, 15) is 13.2 Å². The van der Waals surface area contributed by atoms with Crippen LogP contribution in [-0.4, -0.2) is 34.2 Å². The first-order valence-electron chi connectivity index (χ1n) is 7.25. The van der Waals surface area contributed by atoms with Crippen molar-refractivity contribution in [3.63, 3.8) is 0 Å². The van der Waals surface area contributed by atoms with Gasteiger partial charge in [-0.15, -0.1) is 0 Å². The molecule has 0 aliphatic carbocycles. The molecule has 0 bridgehead atoms. The average molecular weight is 359 g/mol. The van der Waals surface area contributed by atoms with Gasteiger partial charge in [-0.2, -0.15) is 5.26 Å². The van der Waals surface area contributed by atoms with Crippen molar-refractivity contribution in [1.29, 1.82) is 5.26 Å². The maximum Gasteiger partial charge on any atom is 0.245 e. The van der Waals surface area contributed by atoms with E-state index in [2.05, 4.69) is 5.32 Å². The molecule has 0 heterocycles. The second-order valence-corrected chi connectivity index (χ2v) is 7.12. The summed E-state index contributed by atoms with van der Waals surface area (Å²) in [6.45, 7) is -0.387. The Morgan fingerprint density at radius 2 is 1.92 bits per heavy atom. The lowest BCUT2D eigenvalue weighted by molar-refractivity contribution is -0.114. The number of nitrogens with one attached hydrogen (secondary N) is 1. The van der Waals surface area contributed by atoms with Gasteiger partial charge in [0, 0.05) is 11.8 Å². The highest BCUT2D eigenvalue weighted by atomic mass is 32.2. The normalized spacial score (nSPS) is 10.6. The van der Waals surface area contributed by atoms with Gasteiger partial charge >= 0.3 is 0 Å². The first-order valence-corrected chi connectivity index (χ1v) is 9.10. The van der Waals surface area contributed by atoms with Crippen molar-refractivity contribution in [2.45, 2.75) is 0 Å². The van der Waals surface area contributed by atoms with Crippen molar-refractivity contribution in [3.05, 3.63) is 54.1 Å². The monoisotopic (exact) mass is 359 g/mol. The molecule has 2 rings (SSSR count). The molecule has 1 N–H and O–H groups in total. The van der Waals surface area contributed by atoms with Gasteiger partial charge in [0.05, 0.1) is 30.7 Å². The van der Waals surface area contributed by atoms with Gasteiger partial charge in [-0.3, -0.25) is 9.10 Å². The van der Waals surface area contributed by atoms with Gasteiger partial charge in [0.2, 0.25) is 15.9 Å². The predicted molar refractivity (Wildman–Crippen MR) is 95.0 cm³/mol. The molecule has 0 spiro atoms. The molecule has 2 aromatic rings. The fraction of sp³-hybridized carbons (Fsp3) is 0.176. The number of hydrogen-bond donors (Lipinski definition) is 1. The molecule has 2 aromatic carbocycles. The van der Waals surface area contributed by atoms with Gasteiger partial charge in [0.15, 0.2) is 0 Å². The van der Waals surface area contributed by atoms with Crippen molar-refractivity contribution in [3.8, 4) is 11.8 Å². The number of nitriles is 1. The second kappa shape index (κ2) is 7.68. The average Bonchev–Trinajstić information content (AvgIpc) is 2.59. The van der Waals surface area contributed by atoms with Gasteiger partial charge in [0.25, 0.3) is 0 Å². The highest BCUT2D eigenvalue weighted by Gasteiger charge is 2.21. The van der Waals surface area contributed by atoms with E-state index in [-0.39, 0.29) is 6.54 Å². The Balaban J connectivity index is 2.19. The number of anilines is 2. The van der Waals surface area contributed by atoms with E-state index in [0.29, 0.717) is 22.7 Å². The zero-order chi connectivity index (χ0) is 18.4. The van der Waals surface area contributed by atoms with Gasteiger partial charge < -0.3 is 10.1 Å². The highest BCUT2D eigenvalue weighted by molar-refractivity contribution is 7.92. The molecule has 0 aliphatic rings. The Bertz CT molecular complexity index is 902. The minimum atomic E-state index is -3.67. The van der Waals surface area contributed by atoms with Crippen LogP contribution in [0.1, 0.15) is 5.56 Å². The lowest BCUT2D eigenvalue weighted by atomic mass is 10.2. The molecular formula is C17H17N3O4S. The van der Waals surface area contributed by atoms with E-state index in [4.69, 9.17) is 10.00 Å². The Morgan fingerprint density at radius 1 is 1.24 bits per heavy atom. The third-order valence-electron chi connectivity index (χ3n) is 3.33. The second-order valence-electron chi connectivity index (χ2n) is 5.21. The number of hydrogen-bond acceptors (Lipinski definition) is 5. The van der Waals surface area contributed by atoms with Crippen LogP contribution in [0.3, 0.4) is 0 Å². The SMILES string of the molecule is COc1cccc(NC(=O)CN(c2ccc(C#N)cc2)S(C)(=O)=O)c1. The summed E-state index contributed by atoms with van der Waals surface area (Å²) in [7, 11) is -2.16. The largest absolute Gasteiger partial charge is 0.497 e. The zero-order valence-electron chi connectivity index (χ0n) is 13.8. The number of ether oxygens (including phenoxy) is 1. The highest BCUT2D eigenvalue weighted by Crippen LogP contribution is 2.19. The molecule has 0 aromatic heterocycles. The van der Waals surface area contributed by atoms with Crippen molar-refractivity contribution in [2.24, 2.45) is 0 Å². The topological polar surface area (TPSA) is 99.5 Å². The van der Waals surface area contributed by atoms with Crippen LogP contribution in [0.4, 0.5) is 11.4 Å². The van der Waals surface area contributed by atoms with E-state index in [0.717, 1.165) is 10.6 Å². The number of amides is 1. The van der Waals surface area contributed by atoms with Crippen LogP contribution in [0.15, 0.2) is 48.5 Å². The van der Waals surface area contributed by atoms with Crippen LogP contribution >= 0.6 is 0 Å². The molecule has 0 aliphatic heterocycles. The lowest BCUT2D eigenvalue weighted by Crippen LogP contribution is -2.37. The minimum Gasteiger partial charge on any atom is -0.497 e. The number of methoxy groups -OCH3 is 1. The molecule has 0 fully saturated rings. The van der Waals surface area contributed by atoms with Crippen LogP contribution in [0, 0.1) is 11.3 Å².